The molecule has 252 valence electrons. The molecule has 3 nitrogen and oxygen atoms in total. The molecule has 4 heteroatoms. The quantitative estimate of drug-likeness (QED) is 0.182. The second-order valence-corrected chi connectivity index (χ2v) is 14.4. The van der Waals surface area contributed by atoms with Crippen molar-refractivity contribution in [3.05, 3.63) is 187 Å². The number of hydrogen-bond donors (Lipinski definition) is 0. The van der Waals surface area contributed by atoms with Crippen LogP contribution in [-0.4, -0.2) is 14.5 Å². The Morgan fingerprint density at radius 2 is 1.07 bits per heavy atom. The van der Waals surface area contributed by atoms with Gasteiger partial charge >= 0.3 is 0 Å². The zero-order valence-corrected chi connectivity index (χ0v) is 29.8. The maximum Gasteiger partial charge on any atom is 0.160 e. The fraction of sp³-hybridized carbons (Fsp3) is 0. The minimum absolute atomic E-state index is 0.675. The molecule has 0 saturated heterocycles. The van der Waals surface area contributed by atoms with Gasteiger partial charge in [0.1, 0.15) is 0 Å². The first-order valence-corrected chi connectivity index (χ1v) is 18.6. The molecule has 9 aromatic carbocycles. The second kappa shape index (κ2) is 12.1. The summed E-state index contributed by atoms with van der Waals surface area (Å²) in [4.78, 5) is 10.7. The number of nitrogens with zero attached hydrogens (tertiary/aromatic N) is 3. The summed E-state index contributed by atoms with van der Waals surface area (Å²) >= 11 is 7.02. The normalized spacial score (nSPS) is 11.8. The van der Waals surface area contributed by atoms with E-state index in [-0.39, 0.29) is 0 Å². The topological polar surface area (TPSA) is 30.7 Å². The molecule has 54 heavy (non-hydrogen) atoms. The molecule has 0 N–H and O–H groups in total. The average Bonchev–Trinajstić information content (AvgIpc) is 3.55. The Morgan fingerprint density at radius 3 is 1.91 bits per heavy atom. The molecule has 0 bridgehead atoms. The van der Waals surface area contributed by atoms with Crippen LogP contribution in [0.2, 0.25) is 5.02 Å². The summed E-state index contributed by atoms with van der Waals surface area (Å²) in [5, 5.41) is 10.9. The number of rotatable bonds is 4. The first kappa shape index (κ1) is 30.8. The van der Waals surface area contributed by atoms with E-state index in [2.05, 4.69) is 174 Å². The molecule has 11 aromatic rings. The van der Waals surface area contributed by atoms with Gasteiger partial charge in [0.25, 0.3) is 0 Å². The number of fused-ring (bicyclic) bond motifs is 7. The van der Waals surface area contributed by atoms with Gasteiger partial charge in [-0.2, -0.15) is 0 Å². The maximum atomic E-state index is 7.02. The zero-order chi connectivity index (χ0) is 35.8. The Morgan fingerprint density at radius 1 is 0.389 bits per heavy atom. The maximum absolute atomic E-state index is 7.02. The van der Waals surface area contributed by atoms with Gasteiger partial charge in [0.15, 0.2) is 5.82 Å². The lowest BCUT2D eigenvalue weighted by Crippen LogP contribution is -1.99. The van der Waals surface area contributed by atoms with Crippen LogP contribution in [0.3, 0.4) is 0 Å². The largest absolute Gasteiger partial charge is 0.309 e. The van der Waals surface area contributed by atoms with E-state index in [9.17, 15) is 0 Å². The number of aromatic nitrogens is 3. The van der Waals surface area contributed by atoms with Crippen molar-refractivity contribution in [1.82, 2.24) is 14.5 Å². The highest BCUT2D eigenvalue weighted by molar-refractivity contribution is 6.38. The Labute approximate surface area is 316 Å². The minimum Gasteiger partial charge on any atom is -0.309 e. The monoisotopic (exact) mass is 707 g/mol. The van der Waals surface area contributed by atoms with Crippen molar-refractivity contribution in [3.63, 3.8) is 0 Å². The van der Waals surface area contributed by atoms with Crippen LogP contribution in [0.4, 0.5) is 0 Å². The third kappa shape index (κ3) is 4.90. The van der Waals surface area contributed by atoms with Gasteiger partial charge in [-0.05, 0) is 92.7 Å². The van der Waals surface area contributed by atoms with Gasteiger partial charge in [-0.1, -0.05) is 139 Å². The van der Waals surface area contributed by atoms with Crippen LogP contribution in [0.15, 0.2) is 182 Å². The highest BCUT2D eigenvalue weighted by Crippen LogP contribution is 2.41. The standard InChI is InChI=1S/C50H30ClN3/c51-43-19-10-20-45-48(43)42-28-34-15-6-7-16-35(34)29-47(42)54(45)46-30-39(26-37-17-8-9-18-40(37)46)50-52-44-24-23-36(31-11-2-1-3-12-31)27-41(44)49(53-50)38-22-21-32-13-4-5-14-33(32)25-38/h1-30H. The van der Waals surface area contributed by atoms with Crippen LogP contribution in [0.1, 0.15) is 0 Å². The van der Waals surface area contributed by atoms with Gasteiger partial charge in [-0.3, -0.25) is 0 Å². The molecular formula is C50H30ClN3. The third-order valence-corrected chi connectivity index (χ3v) is 11.1. The highest BCUT2D eigenvalue weighted by atomic mass is 35.5. The van der Waals surface area contributed by atoms with Crippen molar-refractivity contribution in [1.29, 1.82) is 0 Å². The lowest BCUT2D eigenvalue weighted by molar-refractivity contribution is 1.19. The van der Waals surface area contributed by atoms with Crippen LogP contribution in [-0.2, 0) is 0 Å². The fourth-order valence-electron chi connectivity index (χ4n) is 8.20. The molecule has 0 amide bonds. The SMILES string of the molecule is Clc1cccc2c1c1cc3ccccc3cc1n2-c1cc(-c2nc(-c3ccc4ccccc4c3)c3cc(-c4ccccc4)ccc3n2)cc2ccccc12. The Kier molecular flexibility index (Phi) is 6.91. The number of halogens is 1. The van der Waals surface area contributed by atoms with Crippen molar-refractivity contribution in [2.75, 3.05) is 0 Å². The summed E-state index contributed by atoms with van der Waals surface area (Å²) in [6, 6.07) is 64.4. The van der Waals surface area contributed by atoms with E-state index in [0.717, 1.165) is 82.1 Å². The molecule has 0 aliphatic heterocycles. The lowest BCUT2D eigenvalue weighted by Gasteiger charge is -2.16. The molecule has 0 spiro atoms. The van der Waals surface area contributed by atoms with Crippen molar-refractivity contribution in [2.24, 2.45) is 0 Å². The number of hydrogen-bond acceptors (Lipinski definition) is 2. The van der Waals surface area contributed by atoms with Crippen LogP contribution in [0, 0.1) is 0 Å². The smallest absolute Gasteiger partial charge is 0.160 e. The first-order chi connectivity index (χ1) is 26.7. The predicted molar refractivity (Wildman–Crippen MR) is 228 cm³/mol. The van der Waals surface area contributed by atoms with Crippen LogP contribution < -0.4 is 0 Å². The summed E-state index contributed by atoms with van der Waals surface area (Å²) in [5.41, 5.74) is 9.30. The summed E-state index contributed by atoms with van der Waals surface area (Å²) in [6.07, 6.45) is 0. The van der Waals surface area contributed by atoms with Crippen LogP contribution in [0.5, 0.6) is 0 Å². The van der Waals surface area contributed by atoms with E-state index in [0.29, 0.717) is 5.82 Å². The van der Waals surface area contributed by atoms with Gasteiger partial charge in [-0.25, -0.2) is 9.97 Å². The van der Waals surface area contributed by atoms with E-state index >= 15 is 0 Å². The van der Waals surface area contributed by atoms with E-state index in [1.54, 1.807) is 0 Å². The third-order valence-electron chi connectivity index (χ3n) is 10.8. The van der Waals surface area contributed by atoms with Crippen molar-refractivity contribution in [2.45, 2.75) is 0 Å². The van der Waals surface area contributed by atoms with E-state index in [1.807, 2.05) is 12.1 Å². The van der Waals surface area contributed by atoms with Gasteiger partial charge in [0, 0.05) is 32.7 Å². The molecule has 11 rings (SSSR count). The summed E-state index contributed by atoms with van der Waals surface area (Å²) < 4.78 is 2.37. The minimum atomic E-state index is 0.675. The number of benzene rings is 9. The molecule has 0 radical (unpaired) electrons. The molecule has 0 atom stereocenters. The molecule has 0 fully saturated rings. The van der Waals surface area contributed by atoms with Crippen molar-refractivity contribution in [3.8, 4) is 39.5 Å². The van der Waals surface area contributed by atoms with Gasteiger partial charge in [0.05, 0.1) is 33.0 Å². The van der Waals surface area contributed by atoms with E-state index in [1.165, 1.54) is 21.5 Å². The second-order valence-electron chi connectivity index (χ2n) is 14.0. The van der Waals surface area contributed by atoms with E-state index in [4.69, 9.17) is 21.6 Å². The van der Waals surface area contributed by atoms with Crippen LogP contribution in [0.25, 0.3) is 104 Å². The summed E-state index contributed by atoms with van der Waals surface area (Å²) in [5.74, 6) is 0.675. The molecular weight excluding hydrogens is 678 g/mol. The van der Waals surface area contributed by atoms with Crippen molar-refractivity contribution < 1.29 is 0 Å². The molecule has 0 aliphatic carbocycles. The van der Waals surface area contributed by atoms with Gasteiger partial charge in [0.2, 0.25) is 0 Å². The van der Waals surface area contributed by atoms with Crippen molar-refractivity contribution >= 4 is 76.6 Å². The van der Waals surface area contributed by atoms with Gasteiger partial charge in [-0.15, -0.1) is 0 Å². The molecule has 0 aliphatic rings. The predicted octanol–water partition coefficient (Wildman–Crippen LogP) is 13.8. The Balaban J connectivity index is 1.20. The Bertz CT molecular complexity index is 3290. The highest BCUT2D eigenvalue weighted by Gasteiger charge is 2.20. The average molecular weight is 708 g/mol. The lowest BCUT2D eigenvalue weighted by atomic mass is 9.98. The fourth-order valence-corrected chi connectivity index (χ4v) is 8.47. The van der Waals surface area contributed by atoms with Crippen LogP contribution >= 0.6 is 11.6 Å². The van der Waals surface area contributed by atoms with Gasteiger partial charge < -0.3 is 4.57 Å². The summed E-state index contributed by atoms with van der Waals surface area (Å²) in [6.45, 7) is 0. The first-order valence-electron chi connectivity index (χ1n) is 18.2. The van der Waals surface area contributed by atoms with E-state index < -0.39 is 0 Å². The zero-order valence-electron chi connectivity index (χ0n) is 29.0. The summed E-state index contributed by atoms with van der Waals surface area (Å²) in [7, 11) is 0. The molecule has 2 aromatic heterocycles. The Hall–Kier alpha value is -6.81. The molecule has 0 saturated carbocycles. The molecule has 0 unspecified atom stereocenters. The molecule has 2 heterocycles.